The number of carbonyl (C=O) groups excluding carboxylic acids is 1. The Hall–Kier alpha value is -2.33. The van der Waals surface area contributed by atoms with Crippen molar-refractivity contribution in [1.82, 2.24) is 0 Å². The topological polar surface area (TPSA) is 58.6 Å². The van der Waals surface area contributed by atoms with Gasteiger partial charge in [-0.3, -0.25) is 0 Å². The Balaban J connectivity index is 1.92. The number of rotatable bonds is 6. The standard InChI is InChI=1S/C17H19NO3/c1-2-21-17(20)15-7-9-16(10-8-15)18-11-13-3-5-14(12-19)6-4-13/h3-10,18-19H,2,11-12H2,1H3. The monoisotopic (exact) mass is 285 g/mol. The lowest BCUT2D eigenvalue weighted by Gasteiger charge is -2.08. The first-order chi connectivity index (χ1) is 10.2. The average molecular weight is 285 g/mol. The third-order valence-electron chi connectivity index (χ3n) is 3.10. The summed E-state index contributed by atoms with van der Waals surface area (Å²) in [6, 6.07) is 15.0. The van der Waals surface area contributed by atoms with Crippen LogP contribution in [0.2, 0.25) is 0 Å². The molecule has 4 nitrogen and oxygen atoms in total. The summed E-state index contributed by atoms with van der Waals surface area (Å²) in [4.78, 5) is 11.5. The van der Waals surface area contributed by atoms with Gasteiger partial charge in [0.25, 0.3) is 0 Å². The average Bonchev–Trinajstić information content (AvgIpc) is 2.54. The Labute approximate surface area is 124 Å². The number of anilines is 1. The quantitative estimate of drug-likeness (QED) is 0.801. The zero-order valence-electron chi connectivity index (χ0n) is 12.0. The molecule has 0 aliphatic rings. The molecule has 0 unspecified atom stereocenters. The van der Waals surface area contributed by atoms with Gasteiger partial charge in [-0.2, -0.15) is 0 Å². The second-order valence-electron chi connectivity index (χ2n) is 4.63. The molecule has 0 saturated carbocycles. The zero-order chi connectivity index (χ0) is 15.1. The predicted molar refractivity (Wildman–Crippen MR) is 82.1 cm³/mol. The molecule has 0 aromatic heterocycles. The molecule has 0 aliphatic carbocycles. The number of hydrogen-bond acceptors (Lipinski definition) is 4. The summed E-state index contributed by atoms with van der Waals surface area (Å²) in [5.74, 6) is -0.302. The van der Waals surface area contributed by atoms with Crippen LogP contribution in [0, 0.1) is 0 Å². The molecule has 21 heavy (non-hydrogen) atoms. The van der Waals surface area contributed by atoms with Crippen LogP contribution in [0.5, 0.6) is 0 Å². The molecular formula is C17H19NO3. The molecule has 2 rings (SSSR count). The molecule has 2 aromatic carbocycles. The van der Waals surface area contributed by atoms with Gasteiger partial charge in [0.1, 0.15) is 0 Å². The Morgan fingerprint density at radius 1 is 1.05 bits per heavy atom. The van der Waals surface area contributed by atoms with E-state index in [1.54, 1.807) is 19.1 Å². The molecule has 0 atom stereocenters. The summed E-state index contributed by atoms with van der Waals surface area (Å²) in [7, 11) is 0. The Bertz CT molecular complexity index is 576. The van der Waals surface area contributed by atoms with E-state index < -0.39 is 0 Å². The van der Waals surface area contributed by atoms with Gasteiger partial charge in [0.05, 0.1) is 18.8 Å². The van der Waals surface area contributed by atoms with Crippen molar-refractivity contribution in [3.05, 3.63) is 65.2 Å². The van der Waals surface area contributed by atoms with Crippen LogP contribution in [0.25, 0.3) is 0 Å². The van der Waals surface area contributed by atoms with E-state index in [2.05, 4.69) is 5.32 Å². The highest BCUT2D eigenvalue weighted by Gasteiger charge is 2.05. The molecule has 0 saturated heterocycles. The third kappa shape index (κ3) is 4.33. The van der Waals surface area contributed by atoms with E-state index >= 15 is 0 Å². The Morgan fingerprint density at radius 3 is 2.24 bits per heavy atom. The maximum atomic E-state index is 11.5. The Kier molecular flexibility index (Phi) is 5.35. The molecule has 0 bridgehead atoms. The number of esters is 1. The number of aliphatic hydroxyl groups excluding tert-OH is 1. The lowest BCUT2D eigenvalue weighted by molar-refractivity contribution is 0.0526. The van der Waals surface area contributed by atoms with Gasteiger partial charge in [-0.1, -0.05) is 24.3 Å². The number of benzene rings is 2. The predicted octanol–water partition coefficient (Wildman–Crippen LogP) is 2.97. The van der Waals surface area contributed by atoms with Crippen molar-refractivity contribution in [1.29, 1.82) is 0 Å². The first-order valence-corrected chi connectivity index (χ1v) is 6.92. The molecule has 0 aliphatic heterocycles. The SMILES string of the molecule is CCOC(=O)c1ccc(NCc2ccc(CO)cc2)cc1. The zero-order valence-corrected chi connectivity index (χ0v) is 12.0. The van der Waals surface area contributed by atoms with Gasteiger partial charge >= 0.3 is 5.97 Å². The van der Waals surface area contributed by atoms with Gasteiger partial charge in [-0.05, 0) is 42.3 Å². The van der Waals surface area contributed by atoms with Crippen LogP contribution in [0.1, 0.15) is 28.4 Å². The fourth-order valence-electron chi connectivity index (χ4n) is 1.91. The molecule has 0 heterocycles. The van der Waals surface area contributed by atoms with Crippen LogP contribution >= 0.6 is 0 Å². The maximum Gasteiger partial charge on any atom is 0.338 e. The van der Waals surface area contributed by atoms with Crippen molar-refractivity contribution in [3.8, 4) is 0 Å². The second-order valence-corrected chi connectivity index (χ2v) is 4.63. The van der Waals surface area contributed by atoms with Crippen molar-refractivity contribution in [2.45, 2.75) is 20.1 Å². The molecule has 0 radical (unpaired) electrons. The summed E-state index contributed by atoms with van der Waals surface area (Å²) < 4.78 is 4.94. The highest BCUT2D eigenvalue weighted by atomic mass is 16.5. The summed E-state index contributed by atoms with van der Waals surface area (Å²) in [6.45, 7) is 2.91. The summed E-state index contributed by atoms with van der Waals surface area (Å²) >= 11 is 0. The van der Waals surface area contributed by atoms with E-state index in [0.717, 1.165) is 16.8 Å². The van der Waals surface area contributed by atoms with Gasteiger partial charge in [0.2, 0.25) is 0 Å². The lowest BCUT2D eigenvalue weighted by Crippen LogP contribution is -2.05. The number of aliphatic hydroxyl groups is 1. The van der Waals surface area contributed by atoms with E-state index in [1.165, 1.54) is 0 Å². The summed E-state index contributed by atoms with van der Waals surface area (Å²) in [5, 5.41) is 12.3. The van der Waals surface area contributed by atoms with Crippen LogP contribution < -0.4 is 5.32 Å². The number of carbonyl (C=O) groups is 1. The van der Waals surface area contributed by atoms with E-state index in [-0.39, 0.29) is 12.6 Å². The van der Waals surface area contributed by atoms with Gasteiger partial charge in [0, 0.05) is 12.2 Å². The van der Waals surface area contributed by atoms with Crippen LogP contribution in [0.15, 0.2) is 48.5 Å². The minimum absolute atomic E-state index is 0.0586. The van der Waals surface area contributed by atoms with E-state index in [0.29, 0.717) is 18.7 Å². The highest BCUT2D eigenvalue weighted by Crippen LogP contribution is 2.12. The first-order valence-electron chi connectivity index (χ1n) is 6.92. The van der Waals surface area contributed by atoms with Crippen molar-refractivity contribution >= 4 is 11.7 Å². The fraction of sp³-hybridized carbons (Fsp3) is 0.235. The van der Waals surface area contributed by atoms with Crippen molar-refractivity contribution in [2.24, 2.45) is 0 Å². The van der Waals surface area contributed by atoms with Crippen LogP contribution in [-0.2, 0) is 17.9 Å². The molecular weight excluding hydrogens is 266 g/mol. The fourth-order valence-corrected chi connectivity index (χ4v) is 1.91. The van der Waals surface area contributed by atoms with E-state index in [9.17, 15) is 4.79 Å². The van der Waals surface area contributed by atoms with Gasteiger partial charge in [-0.15, -0.1) is 0 Å². The molecule has 4 heteroatoms. The van der Waals surface area contributed by atoms with Crippen molar-refractivity contribution < 1.29 is 14.6 Å². The van der Waals surface area contributed by atoms with Gasteiger partial charge < -0.3 is 15.2 Å². The molecule has 2 N–H and O–H groups in total. The van der Waals surface area contributed by atoms with Crippen molar-refractivity contribution in [3.63, 3.8) is 0 Å². The molecule has 110 valence electrons. The maximum absolute atomic E-state index is 11.5. The largest absolute Gasteiger partial charge is 0.462 e. The highest BCUT2D eigenvalue weighted by molar-refractivity contribution is 5.89. The third-order valence-corrected chi connectivity index (χ3v) is 3.10. The molecule has 0 fully saturated rings. The number of nitrogens with one attached hydrogen (secondary N) is 1. The number of ether oxygens (including phenoxy) is 1. The second kappa shape index (κ2) is 7.45. The molecule has 2 aromatic rings. The minimum atomic E-state index is -0.302. The van der Waals surface area contributed by atoms with Crippen molar-refractivity contribution in [2.75, 3.05) is 11.9 Å². The lowest BCUT2D eigenvalue weighted by atomic mass is 10.1. The van der Waals surface area contributed by atoms with E-state index in [4.69, 9.17) is 9.84 Å². The Morgan fingerprint density at radius 2 is 1.67 bits per heavy atom. The first kappa shape index (κ1) is 15.1. The summed E-state index contributed by atoms with van der Waals surface area (Å²) in [6.07, 6.45) is 0. The normalized spacial score (nSPS) is 10.2. The van der Waals surface area contributed by atoms with Crippen LogP contribution in [0.4, 0.5) is 5.69 Å². The molecule has 0 amide bonds. The van der Waals surface area contributed by atoms with Gasteiger partial charge in [0.15, 0.2) is 0 Å². The smallest absolute Gasteiger partial charge is 0.338 e. The summed E-state index contributed by atoms with van der Waals surface area (Å²) in [5.41, 5.74) is 3.52. The van der Waals surface area contributed by atoms with Gasteiger partial charge in [-0.25, -0.2) is 4.79 Å². The molecule has 0 spiro atoms. The van der Waals surface area contributed by atoms with Crippen LogP contribution in [0.3, 0.4) is 0 Å². The van der Waals surface area contributed by atoms with Crippen LogP contribution in [-0.4, -0.2) is 17.7 Å². The number of hydrogen-bond donors (Lipinski definition) is 2. The minimum Gasteiger partial charge on any atom is -0.462 e. The van der Waals surface area contributed by atoms with E-state index in [1.807, 2.05) is 36.4 Å².